The van der Waals surface area contributed by atoms with Gasteiger partial charge in [0.05, 0.1) is 17.8 Å². The molecule has 1 heterocycles. The van der Waals surface area contributed by atoms with Gasteiger partial charge in [-0.2, -0.15) is 13.2 Å². The van der Waals surface area contributed by atoms with E-state index in [4.69, 9.17) is 5.73 Å². The molecular weight excluding hydrogens is 235 g/mol. The van der Waals surface area contributed by atoms with E-state index < -0.39 is 12.7 Å². The molecule has 0 aliphatic carbocycles. The normalized spacial score (nSPS) is 14.4. The van der Waals surface area contributed by atoms with Gasteiger partial charge < -0.3 is 16.4 Å². The van der Waals surface area contributed by atoms with Crippen LogP contribution in [0.25, 0.3) is 0 Å². The molecule has 0 spiro atoms. The van der Waals surface area contributed by atoms with Gasteiger partial charge in [-0.05, 0) is 17.7 Å². The molecule has 0 radical (unpaired) electrons. The first-order valence-corrected chi connectivity index (χ1v) is 4.88. The maximum atomic E-state index is 12.0. The van der Waals surface area contributed by atoms with E-state index in [1.54, 1.807) is 0 Å². The molecule has 0 fully saturated rings. The lowest BCUT2D eigenvalue weighted by atomic mass is 10.1. The molecule has 0 bridgehead atoms. The van der Waals surface area contributed by atoms with Crippen molar-refractivity contribution in [1.29, 1.82) is 0 Å². The van der Waals surface area contributed by atoms with Crippen molar-refractivity contribution >= 4 is 23.0 Å². The fourth-order valence-electron chi connectivity index (χ4n) is 1.64. The lowest BCUT2D eigenvalue weighted by Gasteiger charge is -2.13. The number of halogens is 3. The highest BCUT2D eigenvalue weighted by Crippen LogP contribution is 2.32. The standard InChI is InChI=1S/C10H10F3N3O/c11-10(12,13)4-15-8-3-7-5(1-6(8)14)2-9(17)16-7/h1,3,15H,2,4,14H2,(H,16,17). The summed E-state index contributed by atoms with van der Waals surface area (Å²) in [6.45, 7) is -1.16. The van der Waals surface area contributed by atoms with E-state index in [1.165, 1.54) is 12.1 Å². The summed E-state index contributed by atoms with van der Waals surface area (Å²) in [7, 11) is 0. The number of fused-ring (bicyclic) bond motifs is 1. The van der Waals surface area contributed by atoms with Crippen molar-refractivity contribution in [2.24, 2.45) is 0 Å². The van der Waals surface area contributed by atoms with E-state index in [1.807, 2.05) is 0 Å². The second-order valence-corrected chi connectivity index (χ2v) is 3.79. The summed E-state index contributed by atoms with van der Waals surface area (Å²) in [5.74, 6) is -0.188. The first kappa shape index (κ1) is 11.6. The van der Waals surface area contributed by atoms with E-state index in [0.717, 1.165) is 0 Å². The Kier molecular flexibility index (Phi) is 2.60. The number of nitrogens with one attached hydrogen (secondary N) is 2. The minimum atomic E-state index is -4.31. The monoisotopic (exact) mass is 245 g/mol. The van der Waals surface area contributed by atoms with Crippen molar-refractivity contribution in [1.82, 2.24) is 0 Å². The van der Waals surface area contributed by atoms with Gasteiger partial charge in [0.1, 0.15) is 6.54 Å². The molecule has 1 aliphatic heterocycles. The number of benzene rings is 1. The van der Waals surface area contributed by atoms with Crippen molar-refractivity contribution in [3.8, 4) is 0 Å². The van der Waals surface area contributed by atoms with Gasteiger partial charge in [0.25, 0.3) is 0 Å². The predicted molar refractivity (Wildman–Crippen MR) is 57.7 cm³/mol. The fraction of sp³-hybridized carbons (Fsp3) is 0.300. The largest absolute Gasteiger partial charge is 0.405 e. The first-order chi connectivity index (χ1) is 7.85. The third-order valence-corrected chi connectivity index (χ3v) is 2.38. The molecule has 7 heteroatoms. The SMILES string of the molecule is Nc1cc2c(cc1NCC(F)(F)F)NC(=O)C2. The molecule has 1 aromatic rings. The molecule has 0 aromatic heterocycles. The molecule has 1 aliphatic rings. The minimum Gasteiger partial charge on any atom is -0.397 e. The highest BCUT2D eigenvalue weighted by Gasteiger charge is 2.27. The lowest BCUT2D eigenvalue weighted by molar-refractivity contribution is -0.116. The van der Waals surface area contributed by atoms with Crippen molar-refractivity contribution in [2.45, 2.75) is 12.6 Å². The van der Waals surface area contributed by atoms with Crippen LogP contribution in [0, 0.1) is 0 Å². The van der Waals surface area contributed by atoms with Crippen molar-refractivity contribution in [3.05, 3.63) is 17.7 Å². The zero-order chi connectivity index (χ0) is 12.6. The zero-order valence-corrected chi connectivity index (χ0v) is 8.69. The molecule has 0 saturated heterocycles. The Morgan fingerprint density at radius 3 is 2.76 bits per heavy atom. The molecule has 0 saturated carbocycles. The van der Waals surface area contributed by atoms with Gasteiger partial charge in [0, 0.05) is 5.69 Å². The number of carbonyl (C=O) groups is 1. The number of nitrogen functional groups attached to an aromatic ring is 1. The Morgan fingerprint density at radius 1 is 1.41 bits per heavy atom. The van der Waals surface area contributed by atoms with Gasteiger partial charge in [-0.1, -0.05) is 0 Å². The number of carbonyl (C=O) groups excluding carboxylic acids is 1. The summed E-state index contributed by atoms with van der Waals surface area (Å²) < 4.78 is 36.1. The first-order valence-electron chi connectivity index (χ1n) is 4.88. The average molecular weight is 245 g/mol. The Labute approximate surface area is 95.0 Å². The van der Waals surface area contributed by atoms with Crippen LogP contribution < -0.4 is 16.4 Å². The summed E-state index contributed by atoms with van der Waals surface area (Å²) in [5, 5.41) is 4.74. The molecule has 1 aromatic carbocycles. The predicted octanol–water partition coefficient (Wildman–Crippen LogP) is 1.74. The molecule has 4 nitrogen and oxygen atoms in total. The summed E-state index contributed by atoms with van der Waals surface area (Å²) in [6, 6.07) is 2.92. The maximum absolute atomic E-state index is 12.0. The van der Waals surface area contributed by atoms with Gasteiger partial charge in [0.2, 0.25) is 5.91 Å². The third-order valence-electron chi connectivity index (χ3n) is 2.38. The number of alkyl halides is 3. The van der Waals surface area contributed by atoms with Gasteiger partial charge in [-0.3, -0.25) is 4.79 Å². The van der Waals surface area contributed by atoms with Crippen LogP contribution in [0.2, 0.25) is 0 Å². The summed E-state index contributed by atoms with van der Waals surface area (Å²) in [4.78, 5) is 11.1. The molecule has 0 unspecified atom stereocenters. The van der Waals surface area contributed by atoms with Crippen LogP contribution in [0.3, 0.4) is 0 Å². The second-order valence-electron chi connectivity index (χ2n) is 3.79. The minimum absolute atomic E-state index is 0.170. The summed E-state index contributed by atoms with van der Waals surface area (Å²) in [5.41, 5.74) is 7.18. The number of hydrogen-bond donors (Lipinski definition) is 3. The van der Waals surface area contributed by atoms with Crippen LogP contribution in [0.15, 0.2) is 12.1 Å². The van der Waals surface area contributed by atoms with Gasteiger partial charge in [-0.25, -0.2) is 0 Å². The number of rotatable bonds is 2. The van der Waals surface area contributed by atoms with E-state index in [0.29, 0.717) is 11.3 Å². The molecule has 1 amide bonds. The zero-order valence-electron chi connectivity index (χ0n) is 8.69. The van der Waals surface area contributed by atoms with E-state index >= 15 is 0 Å². The Morgan fingerprint density at radius 2 is 2.12 bits per heavy atom. The third kappa shape index (κ3) is 2.61. The fourth-order valence-corrected chi connectivity index (χ4v) is 1.64. The molecule has 2 rings (SSSR count). The van der Waals surface area contributed by atoms with Crippen LogP contribution >= 0.6 is 0 Å². The van der Waals surface area contributed by atoms with Crippen LogP contribution in [0.4, 0.5) is 30.2 Å². The Bertz CT molecular complexity index is 471. The molecule has 17 heavy (non-hydrogen) atoms. The van der Waals surface area contributed by atoms with E-state index in [-0.39, 0.29) is 23.7 Å². The number of anilines is 3. The second kappa shape index (κ2) is 3.83. The topological polar surface area (TPSA) is 67.2 Å². The molecule has 92 valence electrons. The van der Waals surface area contributed by atoms with Crippen molar-refractivity contribution < 1.29 is 18.0 Å². The van der Waals surface area contributed by atoms with E-state index in [9.17, 15) is 18.0 Å². The van der Waals surface area contributed by atoms with Crippen molar-refractivity contribution in [2.75, 3.05) is 22.9 Å². The van der Waals surface area contributed by atoms with Crippen LogP contribution in [0.5, 0.6) is 0 Å². The van der Waals surface area contributed by atoms with Crippen LogP contribution in [-0.2, 0) is 11.2 Å². The molecular formula is C10H10F3N3O. The van der Waals surface area contributed by atoms with Gasteiger partial charge in [-0.15, -0.1) is 0 Å². The maximum Gasteiger partial charge on any atom is 0.405 e. The average Bonchev–Trinajstić information content (AvgIpc) is 2.52. The summed E-state index contributed by atoms with van der Waals surface area (Å²) in [6.07, 6.45) is -4.10. The Hall–Kier alpha value is -1.92. The highest BCUT2D eigenvalue weighted by molar-refractivity contribution is 6.00. The van der Waals surface area contributed by atoms with Crippen molar-refractivity contribution in [3.63, 3.8) is 0 Å². The van der Waals surface area contributed by atoms with Crippen LogP contribution in [0.1, 0.15) is 5.56 Å². The number of nitrogens with two attached hydrogens (primary N) is 1. The number of hydrogen-bond acceptors (Lipinski definition) is 3. The number of amides is 1. The van der Waals surface area contributed by atoms with Gasteiger partial charge >= 0.3 is 6.18 Å². The highest BCUT2D eigenvalue weighted by atomic mass is 19.4. The quantitative estimate of drug-likeness (QED) is 0.695. The summed E-state index contributed by atoms with van der Waals surface area (Å²) >= 11 is 0. The Balaban J connectivity index is 2.19. The van der Waals surface area contributed by atoms with Gasteiger partial charge in [0.15, 0.2) is 0 Å². The smallest absolute Gasteiger partial charge is 0.397 e. The molecule has 0 atom stereocenters. The molecule has 4 N–H and O–H groups in total. The van der Waals surface area contributed by atoms with Crippen LogP contribution in [-0.4, -0.2) is 18.6 Å². The van der Waals surface area contributed by atoms with E-state index in [2.05, 4.69) is 10.6 Å². The lowest BCUT2D eigenvalue weighted by Crippen LogP contribution is -2.21.